The van der Waals surface area contributed by atoms with Crippen LogP contribution in [-0.4, -0.2) is 62.3 Å². The van der Waals surface area contributed by atoms with E-state index in [9.17, 15) is 14.4 Å². The molecule has 416 valence electrons. The fraction of sp³-hybridized carbons (Fsp3) is 0.953. The summed E-state index contributed by atoms with van der Waals surface area (Å²) in [6.07, 6.45) is 52.3. The third-order valence-electron chi connectivity index (χ3n) is 18.2. The van der Waals surface area contributed by atoms with Gasteiger partial charge in [0.1, 0.15) is 0 Å². The summed E-state index contributed by atoms with van der Waals surface area (Å²) in [7, 11) is 0. The molecule has 4 aliphatic rings. The number of fused-ring (bicyclic) bond motifs is 1. The topological polar surface area (TPSA) is 82.1 Å². The van der Waals surface area contributed by atoms with Gasteiger partial charge in [-0.15, -0.1) is 0 Å². The van der Waals surface area contributed by atoms with E-state index in [1.165, 1.54) is 212 Å². The van der Waals surface area contributed by atoms with E-state index in [1.54, 1.807) is 0 Å². The zero-order valence-electron chi connectivity index (χ0n) is 48.3. The second-order valence-electron chi connectivity index (χ2n) is 24.6. The summed E-state index contributed by atoms with van der Waals surface area (Å²) in [5, 5.41) is 0. The van der Waals surface area contributed by atoms with Crippen LogP contribution < -0.4 is 0 Å². The number of esters is 3. The van der Waals surface area contributed by atoms with Gasteiger partial charge in [-0.25, -0.2) is 0 Å². The number of rotatable bonds is 48. The first-order valence-electron chi connectivity index (χ1n) is 31.8. The minimum Gasteiger partial charge on any atom is -0.466 e. The maximum absolute atomic E-state index is 13.5. The van der Waals surface area contributed by atoms with Crippen molar-refractivity contribution in [3.05, 3.63) is 0 Å². The van der Waals surface area contributed by atoms with Crippen LogP contribution in [0.15, 0.2) is 0 Å². The van der Waals surface area contributed by atoms with Crippen molar-refractivity contribution < 1.29 is 28.6 Å². The predicted octanol–water partition coefficient (Wildman–Crippen LogP) is 18.7. The van der Waals surface area contributed by atoms with Crippen LogP contribution in [0.4, 0.5) is 0 Å². The summed E-state index contributed by atoms with van der Waals surface area (Å²) < 4.78 is 18.1. The largest absolute Gasteiger partial charge is 0.466 e. The highest BCUT2D eigenvalue weighted by atomic mass is 16.5. The van der Waals surface area contributed by atoms with E-state index in [2.05, 4.69) is 46.4 Å². The quantitative estimate of drug-likeness (QED) is 0.0341. The molecule has 4 atom stereocenters. The van der Waals surface area contributed by atoms with Gasteiger partial charge < -0.3 is 14.2 Å². The van der Waals surface area contributed by atoms with Crippen molar-refractivity contribution in [1.29, 1.82) is 0 Å². The average molecular weight is 999 g/mol. The minimum absolute atomic E-state index is 0.0314. The Morgan fingerprint density at radius 1 is 0.408 bits per heavy atom. The number of hydrogen-bond donors (Lipinski definition) is 0. The molecule has 0 N–H and O–H groups in total. The van der Waals surface area contributed by atoms with Crippen molar-refractivity contribution in [2.75, 3.05) is 39.5 Å². The summed E-state index contributed by atoms with van der Waals surface area (Å²) in [5.74, 6) is 1.60. The molecule has 4 saturated carbocycles. The van der Waals surface area contributed by atoms with Crippen LogP contribution in [0.2, 0.25) is 0 Å². The maximum atomic E-state index is 13.5. The van der Waals surface area contributed by atoms with Crippen molar-refractivity contribution >= 4 is 17.9 Å². The Kier molecular flexibility index (Phi) is 34.8. The van der Waals surface area contributed by atoms with Crippen LogP contribution in [-0.2, 0) is 28.6 Å². The van der Waals surface area contributed by atoms with Crippen LogP contribution in [0, 0.1) is 34.0 Å². The molecular formula is C64H119NO6. The molecule has 7 nitrogen and oxygen atoms in total. The number of hydrogen-bond acceptors (Lipinski definition) is 7. The number of carbonyl (C=O) groups excluding carboxylic acids is 3. The lowest BCUT2D eigenvalue weighted by Gasteiger charge is -2.56. The Morgan fingerprint density at radius 2 is 0.718 bits per heavy atom. The summed E-state index contributed by atoms with van der Waals surface area (Å²) in [4.78, 5) is 41.8. The van der Waals surface area contributed by atoms with E-state index in [1.807, 2.05) is 0 Å². The predicted molar refractivity (Wildman–Crippen MR) is 300 cm³/mol. The van der Waals surface area contributed by atoms with Gasteiger partial charge in [0.05, 0.1) is 26.4 Å². The van der Waals surface area contributed by atoms with Gasteiger partial charge in [0.2, 0.25) is 0 Å². The van der Waals surface area contributed by atoms with Crippen LogP contribution in [0.25, 0.3) is 0 Å². The zero-order chi connectivity index (χ0) is 51.3. The molecule has 4 aliphatic carbocycles. The van der Waals surface area contributed by atoms with Gasteiger partial charge in [0.25, 0.3) is 0 Å². The first-order chi connectivity index (χ1) is 34.6. The number of unbranched alkanes of at least 4 members (excludes halogenated alkanes) is 20. The SMILES string of the molecule is CCCCCCCCC(CCCCCCCC)CC(=O)OCCCC12CCC3(CCCOC(=O)CN(CC)CC)CC(C1)CC(CCCOC(=O)CC(CCCCCCCC)CCCCCCCC)(C2)C3. The molecule has 0 aromatic heterocycles. The number of likely N-dealkylation sites (N-methyl/N-ethyl adjacent to an activating group) is 1. The molecule has 4 bridgehead atoms. The lowest BCUT2D eigenvalue weighted by atomic mass is 9.49. The Bertz CT molecular complexity index is 1320. The Hall–Kier alpha value is -1.63. The molecule has 0 saturated heterocycles. The van der Waals surface area contributed by atoms with Gasteiger partial charge in [-0.1, -0.05) is 196 Å². The standard InChI is InChI=1S/C64H119NO6/c1-7-13-17-21-25-29-36-56(37-30-26-22-18-14-8-2)48-59(66)69-45-33-40-62-43-44-63(41-34-47-71-61(68)53-65(11-5)12-6)51-58(50-62)52-64(54-62,55-63)42-35-46-70-60(67)49-57(38-31-27-23-19-15-9-3)39-32-28-24-20-16-10-4/h56-58H,7-55H2,1-6H3. The van der Waals surface area contributed by atoms with Gasteiger partial charge in [0.15, 0.2) is 0 Å². The van der Waals surface area contributed by atoms with Crippen LogP contribution >= 0.6 is 0 Å². The Labute approximate surface area is 440 Å². The average Bonchev–Trinajstić information content (AvgIpc) is 3.52. The van der Waals surface area contributed by atoms with Crippen LogP contribution in [0.3, 0.4) is 0 Å². The first kappa shape index (κ1) is 63.7. The summed E-state index contributed by atoms with van der Waals surface area (Å²) in [6.45, 7) is 17.0. The first-order valence-corrected chi connectivity index (χ1v) is 31.8. The molecule has 4 unspecified atom stereocenters. The van der Waals surface area contributed by atoms with E-state index in [0.717, 1.165) is 64.5 Å². The Morgan fingerprint density at radius 3 is 1.07 bits per heavy atom. The molecule has 4 fully saturated rings. The molecule has 0 amide bonds. The molecule has 7 heteroatoms. The number of carbonyl (C=O) groups is 3. The number of nitrogens with zero attached hydrogens (tertiary/aromatic N) is 1. The smallest absolute Gasteiger partial charge is 0.320 e. The van der Waals surface area contributed by atoms with E-state index >= 15 is 0 Å². The van der Waals surface area contributed by atoms with Gasteiger partial charge >= 0.3 is 17.9 Å². The zero-order valence-corrected chi connectivity index (χ0v) is 48.3. The molecule has 0 aliphatic heterocycles. The molecule has 0 spiro atoms. The third kappa shape index (κ3) is 27.6. The van der Waals surface area contributed by atoms with Crippen molar-refractivity contribution in [2.45, 2.75) is 318 Å². The molecule has 0 aromatic carbocycles. The van der Waals surface area contributed by atoms with E-state index in [4.69, 9.17) is 14.2 Å². The third-order valence-corrected chi connectivity index (χ3v) is 18.2. The second-order valence-corrected chi connectivity index (χ2v) is 24.6. The normalized spacial score (nSPS) is 21.7. The van der Waals surface area contributed by atoms with Crippen LogP contribution in [0.5, 0.6) is 0 Å². The van der Waals surface area contributed by atoms with Gasteiger partial charge in [-0.2, -0.15) is 0 Å². The summed E-state index contributed by atoms with van der Waals surface area (Å²) in [5.41, 5.74) is 0.842. The molecule has 4 rings (SSSR count). The highest BCUT2D eigenvalue weighted by Crippen LogP contribution is 2.69. The van der Waals surface area contributed by atoms with Gasteiger partial charge in [-0.3, -0.25) is 19.3 Å². The highest BCUT2D eigenvalue weighted by Gasteiger charge is 2.58. The van der Waals surface area contributed by atoms with E-state index in [-0.39, 0.29) is 28.7 Å². The Balaban J connectivity index is 1.61. The highest BCUT2D eigenvalue weighted by molar-refractivity contribution is 5.71. The minimum atomic E-state index is -0.0937. The number of ether oxygens (including phenoxy) is 3. The van der Waals surface area contributed by atoms with Crippen molar-refractivity contribution in [3.8, 4) is 0 Å². The molecular weight excluding hydrogens is 879 g/mol. The molecule has 0 aromatic rings. The fourth-order valence-electron chi connectivity index (χ4n) is 14.5. The fourth-order valence-corrected chi connectivity index (χ4v) is 14.5. The maximum Gasteiger partial charge on any atom is 0.320 e. The van der Waals surface area contributed by atoms with E-state index < -0.39 is 0 Å². The van der Waals surface area contributed by atoms with E-state index in [0.29, 0.717) is 62.4 Å². The van der Waals surface area contributed by atoms with Crippen molar-refractivity contribution in [3.63, 3.8) is 0 Å². The second kappa shape index (κ2) is 38.9. The molecule has 71 heavy (non-hydrogen) atoms. The lowest BCUT2D eigenvalue weighted by molar-refractivity contribution is -0.146. The summed E-state index contributed by atoms with van der Waals surface area (Å²) in [6, 6.07) is 0. The summed E-state index contributed by atoms with van der Waals surface area (Å²) >= 11 is 0. The lowest BCUT2D eigenvalue weighted by Crippen LogP contribution is -2.45. The van der Waals surface area contributed by atoms with Crippen molar-refractivity contribution in [2.24, 2.45) is 34.0 Å². The molecule has 0 heterocycles. The monoisotopic (exact) mass is 998 g/mol. The van der Waals surface area contributed by atoms with Gasteiger partial charge in [-0.05, 0) is 156 Å². The molecule has 0 radical (unpaired) electrons. The van der Waals surface area contributed by atoms with Crippen molar-refractivity contribution in [1.82, 2.24) is 4.90 Å². The van der Waals surface area contributed by atoms with Crippen LogP contribution in [0.1, 0.15) is 318 Å². The van der Waals surface area contributed by atoms with Gasteiger partial charge in [0, 0.05) is 12.8 Å².